The minimum absolute atomic E-state index is 0.144. The molecule has 0 aliphatic carbocycles. The summed E-state index contributed by atoms with van der Waals surface area (Å²) in [5.74, 6) is -7.41. The van der Waals surface area contributed by atoms with Crippen molar-refractivity contribution >= 4 is 40.5 Å². The Kier molecular flexibility index (Phi) is 12.5. The van der Waals surface area contributed by atoms with Crippen LogP contribution in [0.5, 0.6) is 23.0 Å². The summed E-state index contributed by atoms with van der Waals surface area (Å²) in [6.07, 6.45) is -24.8. The lowest BCUT2D eigenvalue weighted by atomic mass is 9.72. The number of alkyl halides is 12. The quantitative estimate of drug-likeness (QED) is 0.0504. The minimum Gasteiger partial charge on any atom is -0.506 e. The van der Waals surface area contributed by atoms with E-state index in [0.717, 1.165) is 38.2 Å². The van der Waals surface area contributed by atoms with E-state index < -0.39 is 132 Å². The van der Waals surface area contributed by atoms with Crippen LogP contribution in [-0.4, -0.2) is 69.9 Å². The van der Waals surface area contributed by atoms with Gasteiger partial charge < -0.3 is 41.7 Å². The lowest BCUT2D eigenvalue weighted by Crippen LogP contribution is -2.54. The maximum atomic E-state index is 14.9. The summed E-state index contributed by atoms with van der Waals surface area (Å²) in [6, 6.07) is 7.69. The zero-order valence-corrected chi connectivity index (χ0v) is 32.3. The van der Waals surface area contributed by atoms with E-state index in [9.17, 15) is 87.5 Å². The molecule has 0 fully saturated rings. The van der Waals surface area contributed by atoms with E-state index in [4.69, 9.17) is 0 Å². The normalized spacial score (nSPS) is 12.7. The van der Waals surface area contributed by atoms with Crippen LogP contribution >= 0.6 is 0 Å². The first-order valence-electron chi connectivity index (χ1n) is 17.8. The van der Waals surface area contributed by atoms with Gasteiger partial charge in [0.05, 0.1) is 22.7 Å². The van der Waals surface area contributed by atoms with Gasteiger partial charge in [-0.15, -0.1) is 0 Å². The van der Waals surface area contributed by atoms with E-state index in [1.165, 1.54) is 0 Å². The van der Waals surface area contributed by atoms with Crippen LogP contribution in [0.3, 0.4) is 0 Å². The molecular formula is C41H30F12N4O7. The number of hydrogen-bond acceptors (Lipinski definition) is 8. The third-order valence-electron chi connectivity index (χ3n) is 9.88. The van der Waals surface area contributed by atoms with Crippen LogP contribution in [0, 0.1) is 0 Å². The molecule has 0 aliphatic heterocycles. The van der Waals surface area contributed by atoms with E-state index in [-0.39, 0.29) is 30.3 Å². The number of carbonyl (C=O) groups excluding carboxylic acids is 3. The lowest BCUT2D eigenvalue weighted by Gasteiger charge is -2.38. The van der Waals surface area contributed by atoms with Crippen molar-refractivity contribution in [1.29, 1.82) is 0 Å². The number of aromatic hydroxyl groups is 4. The van der Waals surface area contributed by atoms with E-state index >= 15 is 0 Å². The standard InChI is InChI=1S/C41H30F12N4O7/c1-19(58)55-27-16-23(7-11-31(27)60)37(40(48,49)50,41(51,52)53)25-9-13-33(62)29(18-25)57-35(64)21-5-3-4-20(14-21)34(63)56-28-17-24(8-12-32(28)61)36(38(42,43)44,39(45,46)47)22-6-10-30(59)26(15-22)54-2/h3-18,54,59-62H,1-2H3,(H,55,58)(H,56,63)(H,57,64). The fourth-order valence-electron chi connectivity index (χ4n) is 6.92. The number of rotatable bonds is 10. The molecule has 0 unspecified atom stereocenters. The first-order valence-corrected chi connectivity index (χ1v) is 17.8. The van der Waals surface area contributed by atoms with E-state index in [1.54, 1.807) is 0 Å². The number of nitrogens with one attached hydrogen (secondary N) is 4. The molecule has 5 aromatic rings. The molecular weight excluding hydrogens is 888 g/mol. The van der Waals surface area contributed by atoms with Crippen molar-refractivity contribution in [2.24, 2.45) is 0 Å². The molecule has 5 rings (SSSR count). The molecule has 8 N–H and O–H groups in total. The fourth-order valence-corrected chi connectivity index (χ4v) is 6.92. The smallest absolute Gasteiger partial charge is 0.411 e. The van der Waals surface area contributed by atoms with Gasteiger partial charge in [0.15, 0.2) is 0 Å². The van der Waals surface area contributed by atoms with Crippen LogP contribution in [0.4, 0.5) is 75.4 Å². The summed E-state index contributed by atoms with van der Waals surface area (Å²) < 4.78 is 179. The molecule has 0 spiro atoms. The molecule has 23 heteroatoms. The number of halogens is 12. The van der Waals surface area contributed by atoms with Gasteiger partial charge in [-0.2, -0.15) is 52.7 Å². The average molecular weight is 919 g/mol. The molecule has 0 heterocycles. The number of anilines is 4. The summed E-state index contributed by atoms with van der Waals surface area (Å²) in [5, 5.41) is 48.9. The second kappa shape index (κ2) is 16.7. The SMILES string of the molecule is CNc1cc(C(c2ccc(O)c(NC(=O)c3cccc(C(=O)Nc4cc(C(c5ccc(O)c(NC(C)=O)c5)(C(F)(F)F)C(F)(F)F)ccc4O)c3)c2)(C(F)(F)F)C(F)(F)F)ccc1O. The molecule has 5 aromatic carbocycles. The number of amides is 3. The summed E-state index contributed by atoms with van der Waals surface area (Å²) in [7, 11) is 1.11. The van der Waals surface area contributed by atoms with Gasteiger partial charge in [0.25, 0.3) is 11.8 Å². The number of hydrogen-bond donors (Lipinski definition) is 8. The Morgan fingerprint density at radius 3 is 0.984 bits per heavy atom. The second-order valence-electron chi connectivity index (χ2n) is 13.8. The monoisotopic (exact) mass is 918 g/mol. The third kappa shape index (κ3) is 8.43. The van der Waals surface area contributed by atoms with Gasteiger partial charge in [0.1, 0.15) is 23.0 Å². The Morgan fingerprint density at radius 2 is 0.703 bits per heavy atom. The van der Waals surface area contributed by atoms with E-state index in [1.807, 2.05) is 16.0 Å². The van der Waals surface area contributed by atoms with Crippen LogP contribution in [0.2, 0.25) is 0 Å². The highest BCUT2D eigenvalue weighted by Crippen LogP contribution is 2.59. The topological polar surface area (TPSA) is 180 Å². The summed E-state index contributed by atoms with van der Waals surface area (Å²) in [6.45, 7) is 0.861. The molecule has 0 radical (unpaired) electrons. The van der Waals surface area contributed by atoms with Gasteiger partial charge in [-0.05, 0) is 89.0 Å². The number of carbonyl (C=O) groups is 3. The Bertz CT molecular complexity index is 2600. The Hall–Kier alpha value is -7.33. The molecule has 0 atom stereocenters. The largest absolute Gasteiger partial charge is 0.506 e. The molecule has 11 nitrogen and oxygen atoms in total. The fraction of sp³-hybridized carbons (Fsp3) is 0.195. The summed E-state index contributed by atoms with van der Waals surface area (Å²) in [4.78, 5) is 38.3. The molecule has 0 saturated carbocycles. The first kappa shape index (κ1) is 47.7. The molecule has 64 heavy (non-hydrogen) atoms. The maximum absolute atomic E-state index is 14.9. The highest BCUT2D eigenvalue weighted by atomic mass is 19.4. The third-order valence-corrected chi connectivity index (χ3v) is 9.88. The Morgan fingerprint density at radius 1 is 0.422 bits per heavy atom. The van der Waals surface area contributed by atoms with Crippen LogP contribution < -0.4 is 21.3 Å². The highest BCUT2D eigenvalue weighted by molar-refractivity contribution is 6.09. The number of phenolic OH excluding ortho intramolecular Hbond substituents is 4. The molecule has 3 amide bonds. The molecule has 0 bridgehead atoms. The number of phenols is 4. The van der Waals surface area contributed by atoms with Crippen LogP contribution in [0.25, 0.3) is 0 Å². The van der Waals surface area contributed by atoms with Gasteiger partial charge >= 0.3 is 24.7 Å². The second-order valence-corrected chi connectivity index (χ2v) is 13.8. The van der Waals surface area contributed by atoms with Crippen LogP contribution in [-0.2, 0) is 15.6 Å². The number of benzene rings is 5. The lowest BCUT2D eigenvalue weighted by molar-refractivity contribution is -0.290. The first-order chi connectivity index (χ1) is 29.5. The molecule has 0 aliphatic rings. The van der Waals surface area contributed by atoms with Gasteiger partial charge in [-0.3, -0.25) is 14.4 Å². The van der Waals surface area contributed by atoms with Crippen molar-refractivity contribution in [3.8, 4) is 23.0 Å². The zero-order valence-electron chi connectivity index (χ0n) is 32.3. The van der Waals surface area contributed by atoms with Crippen molar-refractivity contribution < 1.29 is 87.5 Å². The molecule has 340 valence electrons. The average Bonchev–Trinajstić information content (AvgIpc) is 3.17. The maximum Gasteiger partial charge on any atom is 0.411 e. The predicted octanol–water partition coefficient (Wildman–Crippen LogP) is 9.84. The summed E-state index contributed by atoms with van der Waals surface area (Å²) in [5.41, 5.74) is -20.5. The zero-order chi connectivity index (χ0) is 48.0. The molecule has 0 aromatic heterocycles. The van der Waals surface area contributed by atoms with Crippen molar-refractivity contribution in [1.82, 2.24) is 0 Å². The predicted molar refractivity (Wildman–Crippen MR) is 204 cm³/mol. The Labute approximate surface area is 352 Å². The van der Waals surface area contributed by atoms with E-state index in [0.29, 0.717) is 42.5 Å². The van der Waals surface area contributed by atoms with Crippen molar-refractivity contribution in [3.05, 3.63) is 130 Å². The van der Waals surface area contributed by atoms with Crippen LogP contribution in [0.1, 0.15) is 49.9 Å². The minimum atomic E-state index is -6.23. The van der Waals surface area contributed by atoms with Crippen molar-refractivity contribution in [2.75, 3.05) is 28.3 Å². The highest BCUT2D eigenvalue weighted by Gasteiger charge is 2.74. The Balaban J connectivity index is 1.52. The van der Waals surface area contributed by atoms with Crippen LogP contribution in [0.15, 0.2) is 97.1 Å². The van der Waals surface area contributed by atoms with Crippen molar-refractivity contribution in [2.45, 2.75) is 42.5 Å². The van der Waals surface area contributed by atoms with E-state index in [2.05, 4.69) is 5.32 Å². The summed E-state index contributed by atoms with van der Waals surface area (Å²) >= 11 is 0. The van der Waals surface area contributed by atoms with Gasteiger partial charge in [0, 0.05) is 25.1 Å². The van der Waals surface area contributed by atoms with Crippen molar-refractivity contribution in [3.63, 3.8) is 0 Å². The van der Waals surface area contributed by atoms with Gasteiger partial charge in [-0.1, -0.05) is 30.3 Å². The van der Waals surface area contributed by atoms with Gasteiger partial charge in [-0.25, -0.2) is 0 Å². The van der Waals surface area contributed by atoms with Gasteiger partial charge in [0.2, 0.25) is 16.7 Å². The molecule has 0 saturated heterocycles.